The number of aliphatic hydroxyl groups is 1. The summed E-state index contributed by atoms with van der Waals surface area (Å²) < 4.78 is 43.4. The predicted molar refractivity (Wildman–Crippen MR) is 81.3 cm³/mol. The molecule has 0 aliphatic rings. The lowest BCUT2D eigenvalue weighted by Gasteiger charge is -2.21. The van der Waals surface area contributed by atoms with Crippen molar-refractivity contribution in [1.82, 2.24) is 0 Å². The Hall–Kier alpha value is -2.60. The lowest BCUT2D eigenvalue weighted by molar-refractivity contribution is -0.167. The highest BCUT2D eigenvalue weighted by Gasteiger charge is 2.41. The Kier molecular flexibility index (Phi) is 6.53. The van der Waals surface area contributed by atoms with E-state index in [0.717, 1.165) is 25.5 Å². The Bertz CT molecular complexity index is 694. The molecule has 1 amide bonds. The average Bonchev–Trinajstić information content (AvgIpc) is 2.53. The summed E-state index contributed by atoms with van der Waals surface area (Å²) in [5.41, 5.74) is -4.74. The summed E-state index contributed by atoms with van der Waals surface area (Å²) in [5.74, 6) is -2.45. The second-order valence-electron chi connectivity index (χ2n) is 5.39. The zero-order valence-electron chi connectivity index (χ0n) is 13.6. The maximum Gasteiger partial charge on any atom is 0.417 e. The second kappa shape index (κ2) is 7.98. The number of nitriles is 1. The van der Waals surface area contributed by atoms with E-state index in [1.807, 2.05) is 12.2 Å². The van der Waals surface area contributed by atoms with Crippen molar-refractivity contribution >= 4 is 17.6 Å². The molecule has 0 spiro atoms. The second-order valence-corrected chi connectivity index (χ2v) is 5.39. The fourth-order valence-corrected chi connectivity index (χ4v) is 1.75. The molecule has 0 saturated carbocycles. The van der Waals surface area contributed by atoms with Gasteiger partial charge >= 0.3 is 12.1 Å². The molecule has 25 heavy (non-hydrogen) atoms. The minimum Gasteiger partial charge on any atom is -0.463 e. The number of amides is 1. The van der Waals surface area contributed by atoms with Gasteiger partial charge in [0.2, 0.25) is 5.60 Å². The van der Waals surface area contributed by atoms with Gasteiger partial charge in [0.05, 0.1) is 23.8 Å². The average molecular weight is 358 g/mol. The summed E-state index contributed by atoms with van der Waals surface area (Å²) in [7, 11) is 0. The summed E-state index contributed by atoms with van der Waals surface area (Å²) in [5, 5.41) is 20.7. The molecule has 0 radical (unpaired) electrons. The molecule has 0 aliphatic heterocycles. The number of esters is 1. The van der Waals surface area contributed by atoms with E-state index >= 15 is 0 Å². The number of alkyl halides is 3. The number of unbranched alkanes of at least 4 members (excludes halogenated alkanes) is 1. The molecule has 1 atom stereocenters. The van der Waals surface area contributed by atoms with Crippen LogP contribution in [0.25, 0.3) is 0 Å². The Morgan fingerprint density at radius 2 is 2.00 bits per heavy atom. The summed E-state index contributed by atoms with van der Waals surface area (Å²) in [4.78, 5) is 23.8. The molecule has 9 heteroatoms. The molecule has 0 bridgehead atoms. The van der Waals surface area contributed by atoms with Gasteiger partial charge in [-0.15, -0.1) is 0 Å². The first-order chi connectivity index (χ1) is 11.5. The molecule has 2 N–H and O–H groups in total. The molecule has 1 aromatic rings. The zero-order valence-corrected chi connectivity index (χ0v) is 13.6. The fraction of sp³-hybridized carbons (Fsp3) is 0.438. The van der Waals surface area contributed by atoms with Crippen molar-refractivity contribution in [2.45, 2.75) is 38.5 Å². The number of hydrogen-bond acceptors (Lipinski definition) is 5. The third kappa shape index (κ3) is 5.19. The van der Waals surface area contributed by atoms with Crippen molar-refractivity contribution in [2.24, 2.45) is 0 Å². The molecule has 0 heterocycles. The number of carbonyl (C=O) groups excluding carboxylic acids is 2. The van der Waals surface area contributed by atoms with Crippen LogP contribution in [0, 0.1) is 11.3 Å². The third-order valence-corrected chi connectivity index (χ3v) is 3.27. The van der Waals surface area contributed by atoms with Crippen molar-refractivity contribution in [3.63, 3.8) is 0 Å². The van der Waals surface area contributed by atoms with E-state index < -0.39 is 34.8 Å². The molecular formula is C16H17F3N2O4. The first kappa shape index (κ1) is 20.4. The van der Waals surface area contributed by atoms with Crippen LogP contribution >= 0.6 is 0 Å². The lowest BCUT2D eigenvalue weighted by atomic mass is 10.0. The number of benzene rings is 1. The number of nitrogens with one attached hydrogen (secondary N) is 1. The van der Waals surface area contributed by atoms with Gasteiger partial charge in [-0.2, -0.15) is 18.4 Å². The van der Waals surface area contributed by atoms with Crippen LogP contribution in [-0.4, -0.2) is 29.2 Å². The van der Waals surface area contributed by atoms with E-state index in [1.165, 1.54) is 6.07 Å². The van der Waals surface area contributed by atoms with Gasteiger partial charge in [0.1, 0.15) is 0 Å². The van der Waals surface area contributed by atoms with Crippen molar-refractivity contribution in [1.29, 1.82) is 5.26 Å². The summed E-state index contributed by atoms with van der Waals surface area (Å²) >= 11 is 0. The van der Waals surface area contributed by atoms with Gasteiger partial charge in [0.25, 0.3) is 5.91 Å². The minimum atomic E-state index is -4.80. The molecule has 136 valence electrons. The number of anilines is 1. The highest BCUT2D eigenvalue weighted by Crippen LogP contribution is 2.33. The van der Waals surface area contributed by atoms with Gasteiger partial charge in [-0.25, -0.2) is 4.79 Å². The summed E-state index contributed by atoms with van der Waals surface area (Å²) in [6.45, 7) is 2.74. The van der Waals surface area contributed by atoms with Gasteiger partial charge in [-0.05, 0) is 31.5 Å². The largest absolute Gasteiger partial charge is 0.463 e. The molecule has 1 rings (SSSR count). The number of halogens is 3. The SMILES string of the molecule is CCCCOC(=O)C(C)(O)C(=O)Nc1ccc(C#N)c(C(F)(F)F)c1. The van der Waals surface area contributed by atoms with Crippen LogP contribution < -0.4 is 5.32 Å². The van der Waals surface area contributed by atoms with Crippen molar-refractivity contribution in [2.75, 3.05) is 11.9 Å². The van der Waals surface area contributed by atoms with E-state index in [2.05, 4.69) is 0 Å². The third-order valence-electron chi connectivity index (χ3n) is 3.27. The zero-order chi connectivity index (χ0) is 19.3. The van der Waals surface area contributed by atoms with Crippen molar-refractivity contribution in [3.8, 4) is 6.07 Å². The van der Waals surface area contributed by atoms with Crippen LogP contribution in [-0.2, 0) is 20.5 Å². The topological polar surface area (TPSA) is 99.4 Å². The number of hydrogen-bond donors (Lipinski definition) is 2. The Labute approximate surface area is 142 Å². The van der Waals surface area contributed by atoms with E-state index in [0.29, 0.717) is 12.5 Å². The van der Waals surface area contributed by atoms with Crippen LogP contribution in [0.15, 0.2) is 18.2 Å². The van der Waals surface area contributed by atoms with Gasteiger partial charge in [0, 0.05) is 5.69 Å². The minimum absolute atomic E-state index is 0.00779. The van der Waals surface area contributed by atoms with Crippen molar-refractivity contribution in [3.05, 3.63) is 29.3 Å². The van der Waals surface area contributed by atoms with Crippen LogP contribution in [0.2, 0.25) is 0 Å². The number of nitrogens with zero attached hydrogens (tertiary/aromatic N) is 1. The Balaban J connectivity index is 2.96. The van der Waals surface area contributed by atoms with E-state index in [9.17, 15) is 27.9 Å². The molecule has 1 aromatic carbocycles. The molecule has 0 saturated heterocycles. The number of rotatable bonds is 6. The van der Waals surface area contributed by atoms with Crippen molar-refractivity contribution < 1.29 is 32.6 Å². The van der Waals surface area contributed by atoms with Crippen LogP contribution in [0.1, 0.15) is 37.8 Å². The molecule has 0 aliphatic carbocycles. The quantitative estimate of drug-likeness (QED) is 0.463. The predicted octanol–water partition coefficient (Wildman–Crippen LogP) is 2.61. The normalized spacial score (nSPS) is 13.5. The van der Waals surface area contributed by atoms with E-state index in [4.69, 9.17) is 10.00 Å². The standard InChI is InChI=1S/C16H17F3N2O4/c1-3-4-7-25-14(23)15(2,24)13(22)21-11-6-5-10(9-20)12(8-11)16(17,18)19/h5-6,8,24H,3-4,7H2,1-2H3,(H,21,22). The van der Waals surface area contributed by atoms with Gasteiger partial charge < -0.3 is 15.2 Å². The van der Waals surface area contributed by atoms with Crippen LogP contribution in [0.5, 0.6) is 0 Å². The molecule has 6 nitrogen and oxygen atoms in total. The number of ether oxygens (including phenoxy) is 1. The molecule has 1 unspecified atom stereocenters. The monoisotopic (exact) mass is 358 g/mol. The van der Waals surface area contributed by atoms with Crippen LogP contribution in [0.4, 0.5) is 18.9 Å². The number of carbonyl (C=O) groups is 2. The Morgan fingerprint density at radius 3 is 2.52 bits per heavy atom. The molecular weight excluding hydrogens is 341 g/mol. The lowest BCUT2D eigenvalue weighted by Crippen LogP contribution is -2.48. The molecule has 0 aromatic heterocycles. The van der Waals surface area contributed by atoms with Gasteiger partial charge in [-0.3, -0.25) is 4.79 Å². The molecule has 0 fully saturated rings. The highest BCUT2D eigenvalue weighted by molar-refractivity contribution is 6.11. The van der Waals surface area contributed by atoms with E-state index in [1.54, 1.807) is 0 Å². The summed E-state index contributed by atoms with van der Waals surface area (Å²) in [6.07, 6.45) is -3.53. The maximum absolute atomic E-state index is 12.9. The first-order valence-corrected chi connectivity index (χ1v) is 7.36. The van der Waals surface area contributed by atoms with E-state index in [-0.39, 0.29) is 12.3 Å². The Morgan fingerprint density at radius 1 is 1.36 bits per heavy atom. The maximum atomic E-state index is 12.9. The fourth-order valence-electron chi connectivity index (χ4n) is 1.75. The van der Waals surface area contributed by atoms with Gasteiger partial charge in [-0.1, -0.05) is 13.3 Å². The highest BCUT2D eigenvalue weighted by atomic mass is 19.4. The first-order valence-electron chi connectivity index (χ1n) is 7.36. The van der Waals surface area contributed by atoms with Gasteiger partial charge in [0.15, 0.2) is 0 Å². The smallest absolute Gasteiger partial charge is 0.417 e. The summed E-state index contributed by atoms with van der Waals surface area (Å²) in [6, 6.07) is 3.90. The van der Waals surface area contributed by atoms with Crippen LogP contribution in [0.3, 0.4) is 0 Å².